The van der Waals surface area contributed by atoms with Crippen LogP contribution in [0.1, 0.15) is 15.4 Å². The van der Waals surface area contributed by atoms with Crippen molar-refractivity contribution >= 4 is 51.4 Å². The molecule has 3 rings (SSSR count). The molecule has 0 atom stereocenters. The highest BCUT2D eigenvalue weighted by atomic mass is 32.1. The number of nitrogens with one attached hydrogen (secondary N) is 1. The molecule has 0 spiro atoms. The zero-order chi connectivity index (χ0) is 16.6. The SMILES string of the molecule is Cc1ccc2c(N)c(C(=O)Nc3ccc(B(O)O)cc3)sc2n1. The van der Waals surface area contributed by atoms with Gasteiger partial charge in [0.05, 0.1) is 5.69 Å². The summed E-state index contributed by atoms with van der Waals surface area (Å²) in [5.74, 6) is -0.319. The first-order chi connectivity index (χ1) is 11.0. The Balaban J connectivity index is 1.87. The van der Waals surface area contributed by atoms with Gasteiger partial charge in [-0.3, -0.25) is 4.79 Å². The fraction of sp³-hybridized carbons (Fsp3) is 0.0667. The maximum absolute atomic E-state index is 12.4. The first-order valence-electron chi connectivity index (χ1n) is 6.89. The summed E-state index contributed by atoms with van der Waals surface area (Å²) in [6.07, 6.45) is 0. The highest BCUT2D eigenvalue weighted by molar-refractivity contribution is 7.21. The lowest BCUT2D eigenvalue weighted by Crippen LogP contribution is -2.29. The molecule has 0 unspecified atom stereocenters. The van der Waals surface area contributed by atoms with Crippen LogP contribution >= 0.6 is 11.3 Å². The molecule has 0 radical (unpaired) electrons. The van der Waals surface area contributed by atoms with Crippen LogP contribution in [-0.2, 0) is 0 Å². The Hall–Kier alpha value is -2.42. The average molecular weight is 327 g/mol. The summed E-state index contributed by atoms with van der Waals surface area (Å²) < 4.78 is 0. The van der Waals surface area contributed by atoms with Gasteiger partial charge in [-0.05, 0) is 36.7 Å². The van der Waals surface area contributed by atoms with E-state index in [1.165, 1.54) is 23.5 Å². The molecule has 0 bridgehead atoms. The molecular formula is C15H14BN3O3S. The van der Waals surface area contributed by atoms with Crippen molar-refractivity contribution < 1.29 is 14.8 Å². The van der Waals surface area contributed by atoms with Crippen LogP contribution in [-0.4, -0.2) is 28.1 Å². The van der Waals surface area contributed by atoms with Crippen LogP contribution in [0.2, 0.25) is 0 Å². The van der Waals surface area contributed by atoms with Crippen LogP contribution < -0.4 is 16.5 Å². The van der Waals surface area contributed by atoms with E-state index in [9.17, 15) is 4.79 Å². The zero-order valence-electron chi connectivity index (χ0n) is 12.3. The number of rotatable bonds is 3. The maximum Gasteiger partial charge on any atom is 0.488 e. The lowest BCUT2D eigenvalue weighted by atomic mass is 9.80. The smallest absolute Gasteiger partial charge is 0.423 e. The summed E-state index contributed by atoms with van der Waals surface area (Å²) in [4.78, 5) is 17.9. The van der Waals surface area contributed by atoms with Crippen molar-refractivity contribution in [2.24, 2.45) is 0 Å². The lowest BCUT2D eigenvalue weighted by Gasteiger charge is -2.05. The number of pyridine rings is 1. The number of thiophene rings is 1. The van der Waals surface area contributed by atoms with E-state index in [-0.39, 0.29) is 5.91 Å². The van der Waals surface area contributed by atoms with Gasteiger partial charge in [0.15, 0.2) is 0 Å². The number of aryl methyl sites for hydroxylation is 1. The van der Waals surface area contributed by atoms with Crippen molar-refractivity contribution in [1.29, 1.82) is 0 Å². The lowest BCUT2D eigenvalue weighted by molar-refractivity contribution is 0.103. The molecule has 0 aliphatic rings. The molecule has 116 valence electrons. The van der Waals surface area contributed by atoms with Gasteiger partial charge in [0.25, 0.3) is 5.91 Å². The Morgan fingerprint density at radius 2 is 1.91 bits per heavy atom. The van der Waals surface area contributed by atoms with Gasteiger partial charge in [0.2, 0.25) is 0 Å². The highest BCUT2D eigenvalue weighted by Crippen LogP contribution is 2.32. The Morgan fingerprint density at radius 3 is 2.57 bits per heavy atom. The molecule has 0 aliphatic heterocycles. The Kier molecular flexibility index (Phi) is 4.04. The van der Waals surface area contributed by atoms with Crippen LogP contribution in [0.25, 0.3) is 10.2 Å². The minimum Gasteiger partial charge on any atom is -0.423 e. The number of nitrogen functional groups attached to an aromatic ring is 1. The molecular weight excluding hydrogens is 313 g/mol. The number of carbonyl (C=O) groups is 1. The Labute approximate surface area is 136 Å². The standard InChI is InChI=1S/C15H14BN3O3S/c1-8-2-7-11-12(17)13(23-15(11)18-8)14(20)19-10-5-3-9(4-6-10)16(21)22/h2-7,21-22H,17H2,1H3,(H,19,20). The Morgan fingerprint density at radius 1 is 1.22 bits per heavy atom. The molecule has 0 saturated heterocycles. The summed E-state index contributed by atoms with van der Waals surface area (Å²) in [6.45, 7) is 1.88. The number of benzene rings is 1. The minimum absolute atomic E-state index is 0.319. The van der Waals surface area contributed by atoms with Crippen LogP contribution in [0.5, 0.6) is 0 Å². The van der Waals surface area contributed by atoms with Gasteiger partial charge >= 0.3 is 7.12 Å². The van der Waals surface area contributed by atoms with Crippen molar-refractivity contribution in [3.8, 4) is 0 Å². The minimum atomic E-state index is -1.53. The highest BCUT2D eigenvalue weighted by Gasteiger charge is 2.18. The number of hydrogen-bond donors (Lipinski definition) is 4. The van der Waals surface area contributed by atoms with E-state index in [4.69, 9.17) is 15.8 Å². The number of fused-ring (bicyclic) bond motifs is 1. The van der Waals surface area contributed by atoms with Gasteiger partial charge in [-0.2, -0.15) is 0 Å². The molecule has 2 heterocycles. The predicted octanol–water partition coefficient (Wildman–Crippen LogP) is 1.12. The van der Waals surface area contributed by atoms with E-state index in [0.717, 1.165) is 15.9 Å². The van der Waals surface area contributed by atoms with Crippen LogP contribution in [0.15, 0.2) is 36.4 Å². The molecule has 0 aliphatic carbocycles. The van der Waals surface area contributed by atoms with E-state index in [1.54, 1.807) is 12.1 Å². The van der Waals surface area contributed by atoms with Gasteiger partial charge < -0.3 is 21.1 Å². The molecule has 23 heavy (non-hydrogen) atoms. The van der Waals surface area contributed by atoms with E-state index in [0.29, 0.717) is 21.7 Å². The van der Waals surface area contributed by atoms with Gasteiger partial charge in [-0.15, -0.1) is 11.3 Å². The molecule has 1 aromatic carbocycles. The number of anilines is 2. The summed E-state index contributed by atoms with van der Waals surface area (Å²) in [7, 11) is -1.53. The average Bonchev–Trinajstić information content (AvgIpc) is 2.84. The molecule has 3 aromatic rings. The number of nitrogens with two attached hydrogens (primary N) is 1. The number of amides is 1. The van der Waals surface area contributed by atoms with E-state index in [1.807, 2.05) is 19.1 Å². The third-order valence-corrected chi connectivity index (χ3v) is 4.52. The largest absolute Gasteiger partial charge is 0.488 e. The first-order valence-corrected chi connectivity index (χ1v) is 7.70. The van der Waals surface area contributed by atoms with Crippen LogP contribution in [0.4, 0.5) is 11.4 Å². The first kappa shape index (κ1) is 15.5. The van der Waals surface area contributed by atoms with Crippen molar-refractivity contribution in [2.75, 3.05) is 11.1 Å². The van der Waals surface area contributed by atoms with Crippen molar-refractivity contribution in [1.82, 2.24) is 4.98 Å². The second-order valence-corrected chi connectivity index (χ2v) is 6.10. The monoisotopic (exact) mass is 327 g/mol. The van der Waals surface area contributed by atoms with E-state index >= 15 is 0 Å². The van der Waals surface area contributed by atoms with Crippen molar-refractivity contribution in [2.45, 2.75) is 6.92 Å². The predicted molar refractivity (Wildman–Crippen MR) is 93.0 cm³/mol. The van der Waals surface area contributed by atoms with E-state index in [2.05, 4.69) is 10.3 Å². The maximum atomic E-state index is 12.4. The molecule has 6 nitrogen and oxygen atoms in total. The third-order valence-electron chi connectivity index (χ3n) is 3.41. The molecule has 2 aromatic heterocycles. The quantitative estimate of drug-likeness (QED) is 0.539. The number of nitrogens with zero attached hydrogens (tertiary/aromatic N) is 1. The second-order valence-electron chi connectivity index (χ2n) is 5.10. The Bertz CT molecular complexity index is 878. The normalized spacial score (nSPS) is 10.7. The van der Waals surface area contributed by atoms with Crippen LogP contribution in [0.3, 0.4) is 0 Å². The van der Waals surface area contributed by atoms with E-state index < -0.39 is 7.12 Å². The topological polar surface area (TPSA) is 108 Å². The fourth-order valence-corrected chi connectivity index (χ4v) is 3.22. The summed E-state index contributed by atoms with van der Waals surface area (Å²) >= 11 is 1.25. The van der Waals surface area contributed by atoms with Crippen LogP contribution in [0, 0.1) is 6.92 Å². The number of aromatic nitrogens is 1. The second kappa shape index (κ2) is 6.00. The van der Waals surface area contributed by atoms with Gasteiger partial charge in [0, 0.05) is 16.8 Å². The summed E-state index contributed by atoms with van der Waals surface area (Å²) in [5, 5.41) is 21.6. The summed E-state index contributed by atoms with van der Waals surface area (Å²) in [6, 6.07) is 9.96. The summed E-state index contributed by atoms with van der Waals surface area (Å²) in [5.41, 5.74) is 8.22. The van der Waals surface area contributed by atoms with Crippen molar-refractivity contribution in [3.63, 3.8) is 0 Å². The number of carbonyl (C=O) groups excluding carboxylic acids is 1. The fourth-order valence-electron chi connectivity index (χ4n) is 2.18. The zero-order valence-corrected chi connectivity index (χ0v) is 13.1. The van der Waals surface area contributed by atoms with Gasteiger partial charge in [0.1, 0.15) is 9.71 Å². The number of hydrogen-bond acceptors (Lipinski definition) is 6. The molecule has 0 saturated carbocycles. The molecule has 5 N–H and O–H groups in total. The third kappa shape index (κ3) is 3.05. The molecule has 8 heteroatoms. The van der Waals surface area contributed by atoms with Gasteiger partial charge in [-0.1, -0.05) is 12.1 Å². The molecule has 1 amide bonds. The molecule has 0 fully saturated rings. The van der Waals surface area contributed by atoms with Crippen molar-refractivity contribution in [3.05, 3.63) is 47.0 Å². The van der Waals surface area contributed by atoms with Gasteiger partial charge in [-0.25, -0.2) is 4.98 Å².